The van der Waals surface area contributed by atoms with Crippen molar-refractivity contribution in [3.8, 4) is 0 Å². The SMILES string of the molecule is CC(=O)c1ccc(NC(=O)CS(=O)(=O)C(C)C)cc1. The number of amides is 1. The zero-order valence-corrected chi connectivity index (χ0v) is 12.0. The van der Waals surface area contributed by atoms with Crippen LogP contribution in [-0.2, 0) is 14.6 Å². The third-order valence-corrected chi connectivity index (χ3v) is 4.73. The Hall–Kier alpha value is -1.69. The highest BCUT2D eigenvalue weighted by Crippen LogP contribution is 2.10. The van der Waals surface area contributed by atoms with Gasteiger partial charge in [0.1, 0.15) is 5.75 Å². The van der Waals surface area contributed by atoms with Crippen LogP contribution in [0.4, 0.5) is 5.69 Å². The van der Waals surface area contributed by atoms with Crippen LogP contribution in [0, 0.1) is 0 Å². The van der Waals surface area contributed by atoms with E-state index in [1.54, 1.807) is 24.3 Å². The van der Waals surface area contributed by atoms with Crippen molar-refractivity contribution in [2.75, 3.05) is 11.1 Å². The highest BCUT2D eigenvalue weighted by Gasteiger charge is 2.20. The van der Waals surface area contributed by atoms with E-state index in [1.165, 1.54) is 20.8 Å². The Kier molecular flexibility index (Phi) is 4.83. The van der Waals surface area contributed by atoms with Crippen LogP contribution in [0.2, 0.25) is 0 Å². The number of hydrogen-bond acceptors (Lipinski definition) is 4. The Morgan fingerprint density at radius 1 is 1.16 bits per heavy atom. The molecule has 0 saturated carbocycles. The fourth-order valence-electron chi connectivity index (χ4n) is 1.33. The maximum absolute atomic E-state index is 11.6. The van der Waals surface area contributed by atoms with Gasteiger partial charge in [0.2, 0.25) is 5.91 Å². The molecule has 0 fully saturated rings. The Balaban J connectivity index is 2.70. The number of rotatable bonds is 5. The predicted molar refractivity (Wildman–Crippen MR) is 74.0 cm³/mol. The highest BCUT2D eigenvalue weighted by atomic mass is 32.2. The van der Waals surface area contributed by atoms with Crippen molar-refractivity contribution in [1.29, 1.82) is 0 Å². The lowest BCUT2D eigenvalue weighted by Gasteiger charge is -2.08. The summed E-state index contributed by atoms with van der Waals surface area (Å²) in [7, 11) is -3.41. The maximum Gasteiger partial charge on any atom is 0.239 e. The van der Waals surface area contributed by atoms with Crippen molar-refractivity contribution in [2.24, 2.45) is 0 Å². The lowest BCUT2D eigenvalue weighted by molar-refractivity contribution is -0.113. The molecule has 0 unspecified atom stereocenters. The molecule has 0 aliphatic heterocycles. The second-order valence-corrected chi connectivity index (χ2v) is 7.09. The van der Waals surface area contributed by atoms with Crippen molar-refractivity contribution in [1.82, 2.24) is 0 Å². The van der Waals surface area contributed by atoms with E-state index in [1.807, 2.05) is 0 Å². The van der Waals surface area contributed by atoms with Crippen LogP contribution >= 0.6 is 0 Å². The summed E-state index contributed by atoms with van der Waals surface area (Å²) in [5.74, 6) is -1.19. The molecule has 1 amide bonds. The number of hydrogen-bond donors (Lipinski definition) is 1. The quantitative estimate of drug-likeness (QED) is 0.833. The van der Waals surface area contributed by atoms with Crippen LogP contribution in [0.3, 0.4) is 0 Å². The van der Waals surface area contributed by atoms with Crippen molar-refractivity contribution >= 4 is 27.2 Å². The molecule has 0 aliphatic rings. The van der Waals surface area contributed by atoms with Gasteiger partial charge in [-0.05, 0) is 45.0 Å². The molecule has 1 N–H and O–H groups in total. The van der Waals surface area contributed by atoms with Crippen molar-refractivity contribution in [2.45, 2.75) is 26.0 Å². The molecule has 1 aromatic carbocycles. The zero-order chi connectivity index (χ0) is 14.6. The normalized spacial score (nSPS) is 11.4. The Morgan fingerprint density at radius 2 is 1.68 bits per heavy atom. The maximum atomic E-state index is 11.6. The minimum atomic E-state index is -3.41. The number of ketones is 1. The molecule has 0 saturated heterocycles. The molecule has 0 heterocycles. The van der Waals surface area contributed by atoms with Gasteiger partial charge < -0.3 is 5.32 Å². The van der Waals surface area contributed by atoms with E-state index in [0.29, 0.717) is 11.3 Å². The number of carbonyl (C=O) groups is 2. The van der Waals surface area contributed by atoms with Crippen LogP contribution in [0.25, 0.3) is 0 Å². The van der Waals surface area contributed by atoms with Crippen molar-refractivity contribution in [3.63, 3.8) is 0 Å². The molecular formula is C13H17NO4S. The van der Waals surface area contributed by atoms with E-state index >= 15 is 0 Å². The summed E-state index contributed by atoms with van der Waals surface area (Å²) >= 11 is 0. The molecule has 1 aromatic rings. The average molecular weight is 283 g/mol. The Labute approximate surface area is 112 Å². The summed E-state index contributed by atoms with van der Waals surface area (Å²) in [6.07, 6.45) is 0. The molecule has 0 aromatic heterocycles. The van der Waals surface area contributed by atoms with Gasteiger partial charge in [0.15, 0.2) is 15.6 Å². The molecule has 1 rings (SSSR count). The fourth-order valence-corrected chi connectivity index (χ4v) is 2.11. The summed E-state index contributed by atoms with van der Waals surface area (Å²) in [6, 6.07) is 6.29. The largest absolute Gasteiger partial charge is 0.325 e. The number of carbonyl (C=O) groups excluding carboxylic acids is 2. The molecule has 5 nitrogen and oxygen atoms in total. The van der Waals surface area contributed by atoms with E-state index in [9.17, 15) is 18.0 Å². The number of nitrogens with one attached hydrogen (secondary N) is 1. The van der Waals surface area contributed by atoms with Crippen LogP contribution < -0.4 is 5.32 Å². The second kappa shape index (κ2) is 5.97. The van der Waals surface area contributed by atoms with Crippen LogP contribution in [0.1, 0.15) is 31.1 Å². The minimum Gasteiger partial charge on any atom is -0.325 e. The van der Waals surface area contributed by atoms with Gasteiger partial charge in [0.25, 0.3) is 0 Å². The van der Waals surface area contributed by atoms with E-state index < -0.39 is 26.7 Å². The molecule has 0 aliphatic carbocycles. The van der Waals surface area contributed by atoms with E-state index in [2.05, 4.69) is 5.32 Å². The molecule has 0 bridgehead atoms. The van der Waals surface area contributed by atoms with E-state index in [-0.39, 0.29) is 5.78 Å². The standard InChI is InChI=1S/C13H17NO4S/c1-9(2)19(17,18)8-13(16)14-12-6-4-11(5-7-12)10(3)15/h4-7,9H,8H2,1-3H3,(H,14,16). The highest BCUT2D eigenvalue weighted by molar-refractivity contribution is 7.92. The van der Waals surface area contributed by atoms with Crippen LogP contribution in [0.15, 0.2) is 24.3 Å². The summed E-state index contributed by atoms with van der Waals surface area (Å²) in [5, 5.41) is 1.90. The lowest BCUT2D eigenvalue weighted by atomic mass is 10.1. The Bertz CT molecular complexity index is 573. The molecule has 104 valence electrons. The van der Waals surface area contributed by atoms with Gasteiger partial charge in [0, 0.05) is 11.3 Å². The van der Waals surface area contributed by atoms with Crippen molar-refractivity contribution < 1.29 is 18.0 Å². The summed E-state index contributed by atoms with van der Waals surface area (Å²) in [6.45, 7) is 4.51. The molecule has 0 radical (unpaired) electrons. The molecule has 0 spiro atoms. The first-order valence-corrected chi connectivity index (χ1v) is 7.56. The molecular weight excluding hydrogens is 266 g/mol. The first kappa shape index (κ1) is 15.4. The zero-order valence-electron chi connectivity index (χ0n) is 11.1. The van der Waals surface area contributed by atoms with E-state index in [0.717, 1.165) is 0 Å². The van der Waals surface area contributed by atoms with Crippen LogP contribution in [-0.4, -0.2) is 31.1 Å². The van der Waals surface area contributed by atoms with Gasteiger partial charge in [-0.2, -0.15) is 0 Å². The fraction of sp³-hybridized carbons (Fsp3) is 0.385. The van der Waals surface area contributed by atoms with Crippen LogP contribution in [0.5, 0.6) is 0 Å². The topological polar surface area (TPSA) is 80.3 Å². The van der Waals surface area contributed by atoms with Gasteiger partial charge in [0.05, 0.1) is 5.25 Å². The van der Waals surface area contributed by atoms with Crippen molar-refractivity contribution in [3.05, 3.63) is 29.8 Å². The minimum absolute atomic E-state index is 0.0692. The van der Waals surface area contributed by atoms with Gasteiger partial charge in [-0.1, -0.05) is 0 Å². The third kappa shape index (κ3) is 4.48. The summed E-state index contributed by atoms with van der Waals surface area (Å²) in [4.78, 5) is 22.7. The first-order chi connectivity index (χ1) is 8.72. The number of sulfone groups is 1. The van der Waals surface area contributed by atoms with Gasteiger partial charge in [-0.3, -0.25) is 9.59 Å². The summed E-state index contributed by atoms with van der Waals surface area (Å²) in [5.41, 5.74) is 1.00. The van der Waals surface area contributed by atoms with E-state index in [4.69, 9.17) is 0 Å². The number of Topliss-reactive ketones (excluding diaryl/α,β-unsaturated/α-hetero) is 1. The molecule has 19 heavy (non-hydrogen) atoms. The molecule has 6 heteroatoms. The smallest absolute Gasteiger partial charge is 0.239 e. The number of benzene rings is 1. The first-order valence-electron chi connectivity index (χ1n) is 5.85. The predicted octanol–water partition coefficient (Wildman–Crippen LogP) is 1.65. The average Bonchev–Trinajstić information content (AvgIpc) is 2.28. The lowest BCUT2D eigenvalue weighted by Crippen LogP contribution is -2.27. The Morgan fingerprint density at radius 3 is 2.11 bits per heavy atom. The summed E-state index contributed by atoms with van der Waals surface area (Å²) < 4.78 is 23.1. The monoisotopic (exact) mass is 283 g/mol. The number of anilines is 1. The van der Waals surface area contributed by atoms with Gasteiger partial charge in [-0.15, -0.1) is 0 Å². The second-order valence-electron chi connectivity index (χ2n) is 4.54. The van der Waals surface area contributed by atoms with Gasteiger partial charge >= 0.3 is 0 Å². The molecule has 0 atom stereocenters. The van der Waals surface area contributed by atoms with Gasteiger partial charge in [-0.25, -0.2) is 8.42 Å². The third-order valence-electron chi connectivity index (χ3n) is 2.63.